The van der Waals surface area contributed by atoms with Crippen LogP contribution in [0.1, 0.15) is 61.8 Å². The fourth-order valence-electron chi connectivity index (χ4n) is 1.73. The Balaban J connectivity index is 4.51. The van der Waals surface area contributed by atoms with Gasteiger partial charge in [0.25, 0.3) is 0 Å². The lowest BCUT2D eigenvalue weighted by molar-refractivity contribution is -0.126. The smallest absolute Gasteiger partial charge is 0.223 e. The monoisotopic (exact) mass is 241 g/mol. The van der Waals surface area contributed by atoms with E-state index in [1.165, 1.54) is 0 Å². The first kappa shape index (κ1) is 16.5. The van der Waals surface area contributed by atoms with Crippen LogP contribution in [0, 0.1) is 23.2 Å². The molecule has 0 aromatic heterocycles. The van der Waals surface area contributed by atoms with Crippen LogP contribution in [0.4, 0.5) is 0 Å². The lowest BCUT2D eigenvalue weighted by Crippen LogP contribution is -2.44. The van der Waals surface area contributed by atoms with Crippen molar-refractivity contribution in [1.82, 2.24) is 5.32 Å². The Hall–Kier alpha value is -0.530. The zero-order valence-electron chi connectivity index (χ0n) is 12.9. The minimum absolute atomic E-state index is 0.0937. The Morgan fingerprint density at radius 1 is 1.00 bits per heavy atom. The number of nitrogens with one attached hydrogen (secondary N) is 1. The van der Waals surface area contributed by atoms with Crippen molar-refractivity contribution in [3.05, 3.63) is 0 Å². The number of carbonyl (C=O) groups is 1. The van der Waals surface area contributed by atoms with Gasteiger partial charge in [-0.1, -0.05) is 55.4 Å². The van der Waals surface area contributed by atoms with Crippen molar-refractivity contribution in [2.45, 2.75) is 67.9 Å². The van der Waals surface area contributed by atoms with E-state index in [0.29, 0.717) is 11.8 Å². The van der Waals surface area contributed by atoms with Gasteiger partial charge < -0.3 is 5.32 Å². The summed E-state index contributed by atoms with van der Waals surface area (Å²) in [4.78, 5) is 12.1. The van der Waals surface area contributed by atoms with Crippen LogP contribution < -0.4 is 5.32 Å². The molecule has 0 saturated carbocycles. The highest BCUT2D eigenvalue weighted by Gasteiger charge is 2.25. The summed E-state index contributed by atoms with van der Waals surface area (Å²) in [6.07, 6.45) is 1.03. The molecule has 0 aliphatic rings. The number of hydrogen-bond acceptors (Lipinski definition) is 1. The lowest BCUT2D eigenvalue weighted by Gasteiger charge is -2.31. The van der Waals surface area contributed by atoms with Crippen LogP contribution in [0.3, 0.4) is 0 Å². The second-order valence-electron chi connectivity index (χ2n) is 7.16. The third-order valence-corrected chi connectivity index (χ3v) is 3.38. The zero-order chi connectivity index (χ0) is 13.8. The Kier molecular flexibility index (Phi) is 6.22. The van der Waals surface area contributed by atoms with Crippen LogP contribution in [0.2, 0.25) is 0 Å². The summed E-state index contributed by atoms with van der Waals surface area (Å²) in [6, 6.07) is 0.281. The molecule has 0 aromatic rings. The number of carbonyl (C=O) groups excluding carboxylic acids is 1. The second kappa shape index (κ2) is 6.42. The quantitative estimate of drug-likeness (QED) is 0.778. The van der Waals surface area contributed by atoms with E-state index in [-0.39, 0.29) is 23.3 Å². The fraction of sp³-hybridized carbons (Fsp3) is 0.933. The van der Waals surface area contributed by atoms with Gasteiger partial charge in [-0.15, -0.1) is 0 Å². The summed E-state index contributed by atoms with van der Waals surface area (Å²) >= 11 is 0. The highest BCUT2D eigenvalue weighted by molar-refractivity contribution is 5.78. The van der Waals surface area contributed by atoms with Crippen molar-refractivity contribution in [3.63, 3.8) is 0 Å². The summed E-state index contributed by atoms with van der Waals surface area (Å²) < 4.78 is 0. The predicted octanol–water partition coefficient (Wildman–Crippen LogP) is 3.86. The highest BCUT2D eigenvalue weighted by Crippen LogP contribution is 2.24. The third-order valence-electron chi connectivity index (χ3n) is 3.38. The highest BCUT2D eigenvalue weighted by atomic mass is 16.1. The van der Waals surface area contributed by atoms with Crippen molar-refractivity contribution in [2.24, 2.45) is 23.2 Å². The van der Waals surface area contributed by atoms with Gasteiger partial charge in [0.15, 0.2) is 0 Å². The number of rotatable bonds is 5. The van der Waals surface area contributed by atoms with E-state index in [2.05, 4.69) is 53.8 Å². The Morgan fingerprint density at radius 2 is 1.47 bits per heavy atom. The van der Waals surface area contributed by atoms with E-state index in [4.69, 9.17) is 0 Å². The molecule has 0 spiro atoms. The second-order valence-corrected chi connectivity index (χ2v) is 7.16. The minimum atomic E-state index is 0.0937. The first-order valence-corrected chi connectivity index (χ1v) is 6.85. The summed E-state index contributed by atoms with van der Waals surface area (Å²) in [7, 11) is 0. The van der Waals surface area contributed by atoms with Gasteiger partial charge >= 0.3 is 0 Å². The predicted molar refractivity (Wildman–Crippen MR) is 74.8 cm³/mol. The maximum Gasteiger partial charge on any atom is 0.223 e. The van der Waals surface area contributed by atoms with Gasteiger partial charge in [-0.3, -0.25) is 4.79 Å². The van der Waals surface area contributed by atoms with Gasteiger partial charge in [-0.25, -0.2) is 0 Å². The molecule has 17 heavy (non-hydrogen) atoms. The van der Waals surface area contributed by atoms with Gasteiger partial charge in [0.2, 0.25) is 5.91 Å². The van der Waals surface area contributed by atoms with Crippen LogP contribution in [0.5, 0.6) is 0 Å². The Labute approximate surface area is 108 Å². The molecule has 2 atom stereocenters. The summed E-state index contributed by atoms with van der Waals surface area (Å²) in [5.41, 5.74) is 0.253. The molecule has 0 aliphatic heterocycles. The van der Waals surface area contributed by atoms with Crippen molar-refractivity contribution in [2.75, 3.05) is 0 Å². The molecule has 0 unspecified atom stereocenters. The van der Waals surface area contributed by atoms with E-state index in [0.717, 1.165) is 6.42 Å². The van der Waals surface area contributed by atoms with E-state index in [9.17, 15) is 4.79 Å². The molecule has 0 bridgehead atoms. The van der Waals surface area contributed by atoms with Gasteiger partial charge in [0.1, 0.15) is 0 Å². The van der Waals surface area contributed by atoms with E-state index in [1.54, 1.807) is 0 Å². The van der Waals surface area contributed by atoms with Crippen LogP contribution in [0.25, 0.3) is 0 Å². The van der Waals surface area contributed by atoms with Crippen molar-refractivity contribution < 1.29 is 4.79 Å². The standard InChI is InChI=1S/C15H31NO/c1-10(2)12(5)14(17)16-13(11(3)4)9-15(6,7)8/h10-13H,9H2,1-8H3,(H,16,17)/t12-,13+/m0/s1. The largest absolute Gasteiger partial charge is 0.353 e. The topological polar surface area (TPSA) is 29.1 Å². The molecule has 0 fully saturated rings. The molecule has 2 nitrogen and oxygen atoms in total. The average molecular weight is 241 g/mol. The molecular formula is C15H31NO. The van der Waals surface area contributed by atoms with E-state index < -0.39 is 0 Å². The van der Waals surface area contributed by atoms with E-state index in [1.807, 2.05) is 6.92 Å². The molecule has 0 aromatic carbocycles. The molecule has 1 amide bonds. The molecule has 1 N–H and O–H groups in total. The van der Waals surface area contributed by atoms with Crippen LogP contribution in [0.15, 0.2) is 0 Å². The molecule has 0 saturated heterocycles. The average Bonchev–Trinajstić information content (AvgIpc) is 2.12. The van der Waals surface area contributed by atoms with Crippen LogP contribution >= 0.6 is 0 Å². The van der Waals surface area contributed by atoms with E-state index >= 15 is 0 Å². The third kappa shape index (κ3) is 6.70. The van der Waals surface area contributed by atoms with Gasteiger partial charge in [-0.2, -0.15) is 0 Å². The summed E-state index contributed by atoms with van der Waals surface area (Å²) in [6.45, 7) is 17.2. The number of amides is 1. The van der Waals surface area contributed by atoms with Crippen LogP contribution in [-0.4, -0.2) is 11.9 Å². The van der Waals surface area contributed by atoms with Crippen molar-refractivity contribution in [3.8, 4) is 0 Å². The lowest BCUT2D eigenvalue weighted by atomic mass is 9.83. The van der Waals surface area contributed by atoms with Gasteiger partial charge in [0.05, 0.1) is 0 Å². The molecule has 2 heteroatoms. The zero-order valence-corrected chi connectivity index (χ0v) is 12.9. The van der Waals surface area contributed by atoms with Gasteiger partial charge in [-0.05, 0) is 23.7 Å². The maximum absolute atomic E-state index is 12.1. The summed E-state index contributed by atoms with van der Waals surface area (Å²) in [5, 5.41) is 3.22. The summed E-state index contributed by atoms with van der Waals surface area (Å²) in [5.74, 6) is 1.18. The SMILES string of the molecule is CC(C)[C@H](C)C(=O)N[C@H](CC(C)(C)C)C(C)C. The Morgan fingerprint density at radius 3 is 1.76 bits per heavy atom. The fourth-order valence-corrected chi connectivity index (χ4v) is 1.73. The first-order valence-electron chi connectivity index (χ1n) is 6.85. The van der Waals surface area contributed by atoms with Crippen LogP contribution in [-0.2, 0) is 4.79 Å². The molecule has 0 heterocycles. The maximum atomic E-state index is 12.1. The van der Waals surface area contributed by atoms with Crippen molar-refractivity contribution >= 4 is 5.91 Å². The molecular weight excluding hydrogens is 210 g/mol. The Bertz CT molecular complexity index is 238. The minimum Gasteiger partial charge on any atom is -0.353 e. The number of hydrogen-bond donors (Lipinski definition) is 1. The van der Waals surface area contributed by atoms with Gasteiger partial charge in [0, 0.05) is 12.0 Å². The molecule has 0 radical (unpaired) electrons. The first-order chi connectivity index (χ1) is 7.54. The molecule has 0 rings (SSSR count). The van der Waals surface area contributed by atoms with Crippen molar-refractivity contribution in [1.29, 1.82) is 0 Å². The molecule has 102 valence electrons. The normalized spacial score (nSPS) is 16.1. The molecule has 0 aliphatic carbocycles.